The quantitative estimate of drug-likeness (QED) is 0.684. The Balaban J connectivity index is 1.84. The zero-order valence-electron chi connectivity index (χ0n) is 13.2. The maximum atomic E-state index is 13.7. The molecule has 120 valence electrons. The van der Waals surface area contributed by atoms with E-state index < -0.39 is 17.3 Å². The minimum absolute atomic E-state index is 0.128. The lowest BCUT2D eigenvalue weighted by Crippen LogP contribution is -2.48. The van der Waals surface area contributed by atoms with Crippen LogP contribution >= 0.6 is 0 Å². The molecular formula is C17H22FNO3. The van der Waals surface area contributed by atoms with E-state index >= 15 is 0 Å². The van der Waals surface area contributed by atoms with Gasteiger partial charge >= 0.3 is 0 Å². The van der Waals surface area contributed by atoms with Crippen LogP contribution in [0, 0.1) is 11.7 Å². The predicted molar refractivity (Wildman–Crippen MR) is 80.5 cm³/mol. The Morgan fingerprint density at radius 1 is 1.41 bits per heavy atom. The van der Waals surface area contributed by atoms with E-state index in [1.165, 1.54) is 6.07 Å². The first kappa shape index (κ1) is 15.4. The van der Waals surface area contributed by atoms with E-state index in [9.17, 15) is 9.60 Å². The molecule has 2 aliphatic rings. The predicted octanol–water partition coefficient (Wildman–Crippen LogP) is 3.52. The Kier molecular flexibility index (Phi) is 3.73. The molecule has 0 spiro atoms. The van der Waals surface area contributed by atoms with Crippen molar-refractivity contribution in [2.75, 3.05) is 0 Å². The SMILES string of the molecule is CC(C)[C@]12CC[C@](C)(O1)[C@H](OCc1ccccc1F)C2=NO. The van der Waals surface area contributed by atoms with Crippen molar-refractivity contribution >= 4 is 5.71 Å². The van der Waals surface area contributed by atoms with Gasteiger partial charge in [0.1, 0.15) is 23.2 Å². The van der Waals surface area contributed by atoms with E-state index in [0.29, 0.717) is 11.3 Å². The highest BCUT2D eigenvalue weighted by molar-refractivity contribution is 6.00. The third kappa shape index (κ3) is 2.15. The number of hydrogen-bond donors (Lipinski definition) is 1. The number of oxime groups is 1. The topological polar surface area (TPSA) is 51.0 Å². The number of ether oxygens (including phenoxy) is 2. The zero-order chi connectivity index (χ0) is 16.0. The van der Waals surface area contributed by atoms with E-state index in [-0.39, 0.29) is 18.3 Å². The van der Waals surface area contributed by atoms with Crippen LogP contribution in [0.2, 0.25) is 0 Å². The molecule has 0 radical (unpaired) electrons. The van der Waals surface area contributed by atoms with Gasteiger partial charge in [-0.05, 0) is 31.7 Å². The van der Waals surface area contributed by atoms with Crippen LogP contribution in [0.25, 0.3) is 0 Å². The number of fused-ring (bicyclic) bond motifs is 2. The van der Waals surface area contributed by atoms with Gasteiger partial charge in [-0.3, -0.25) is 0 Å². The van der Waals surface area contributed by atoms with Crippen LogP contribution in [0.1, 0.15) is 39.2 Å². The van der Waals surface area contributed by atoms with Gasteiger partial charge in [0.05, 0.1) is 12.2 Å². The second kappa shape index (κ2) is 5.32. The number of nitrogens with zero attached hydrogens (tertiary/aromatic N) is 1. The summed E-state index contributed by atoms with van der Waals surface area (Å²) in [7, 11) is 0. The lowest BCUT2D eigenvalue weighted by molar-refractivity contribution is -0.0961. The highest BCUT2D eigenvalue weighted by Crippen LogP contribution is 2.53. The van der Waals surface area contributed by atoms with Gasteiger partial charge in [0.25, 0.3) is 0 Å². The molecule has 2 saturated heterocycles. The summed E-state index contributed by atoms with van der Waals surface area (Å²) in [5, 5.41) is 13.0. The van der Waals surface area contributed by atoms with Crippen molar-refractivity contribution in [3.63, 3.8) is 0 Å². The summed E-state index contributed by atoms with van der Waals surface area (Å²) >= 11 is 0. The van der Waals surface area contributed by atoms with E-state index in [1.807, 2.05) is 6.92 Å². The first-order valence-electron chi connectivity index (χ1n) is 7.70. The minimum Gasteiger partial charge on any atom is -0.411 e. The van der Waals surface area contributed by atoms with Gasteiger partial charge in [-0.2, -0.15) is 0 Å². The van der Waals surface area contributed by atoms with Crippen LogP contribution in [0.3, 0.4) is 0 Å². The third-order valence-corrected chi connectivity index (χ3v) is 5.05. The summed E-state index contributed by atoms with van der Waals surface area (Å²) in [4.78, 5) is 0. The van der Waals surface area contributed by atoms with Gasteiger partial charge in [-0.15, -0.1) is 0 Å². The summed E-state index contributed by atoms with van der Waals surface area (Å²) in [6, 6.07) is 6.53. The fraction of sp³-hybridized carbons (Fsp3) is 0.588. The van der Waals surface area contributed by atoms with Gasteiger partial charge in [0, 0.05) is 5.56 Å². The molecule has 22 heavy (non-hydrogen) atoms. The highest BCUT2D eigenvalue weighted by Gasteiger charge is 2.65. The Morgan fingerprint density at radius 2 is 2.14 bits per heavy atom. The van der Waals surface area contributed by atoms with Crippen molar-refractivity contribution in [2.24, 2.45) is 11.1 Å². The molecule has 5 heteroatoms. The number of hydrogen-bond acceptors (Lipinski definition) is 4. The van der Waals surface area contributed by atoms with Crippen molar-refractivity contribution in [1.82, 2.24) is 0 Å². The lowest BCUT2D eigenvalue weighted by atomic mass is 9.74. The molecule has 1 N–H and O–H groups in total. The Labute approximate surface area is 129 Å². The summed E-state index contributed by atoms with van der Waals surface area (Å²) < 4.78 is 25.9. The molecule has 0 aromatic heterocycles. The first-order chi connectivity index (χ1) is 10.4. The third-order valence-electron chi connectivity index (χ3n) is 5.05. The second-order valence-electron chi connectivity index (χ2n) is 6.73. The Bertz CT molecular complexity index is 603. The van der Waals surface area contributed by atoms with Gasteiger partial charge < -0.3 is 14.7 Å². The molecule has 1 aromatic rings. The van der Waals surface area contributed by atoms with Gasteiger partial charge in [0.2, 0.25) is 0 Å². The molecule has 2 bridgehead atoms. The highest BCUT2D eigenvalue weighted by atomic mass is 19.1. The van der Waals surface area contributed by atoms with Crippen molar-refractivity contribution < 1.29 is 19.1 Å². The molecule has 2 heterocycles. The van der Waals surface area contributed by atoms with Crippen molar-refractivity contribution in [3.8, 4) is 0 Å². The van der Waals surface area contributed by atoms with Crippen molar-refractivity contribution in [3.05, 3.63) is 35.6 Å². The van der Waals surface area contributed by atoms with E-state index in [2.05, 4.69) is 19.0 Å². The summed E-state index contributed by atoms with van der Waals surface area (Å²) in [5.41, 5.74) is -0.0575. The van der Waals surface area contributed by atoms with E-state index in [1.54, 1.807) is 18.2 Å². The maximum absolute atomic E-state index is 13.7. The monoisotopic (exact) mass is 307 g/mol. The molecule has 1 aromatic carbocycles. The Hall–Kier alpha value is -1.46. The lowest BCUT2D eigenvalue weighted by Gasteiger charge is -2.32. The molecule has 0 unspecified atom stereocenters. The average molecular weight is 307 g/mol. The molecule has 0 aliphatic carbocycles. The second-order valence-corrected chi connectivity index (χ2v) is 6.73. The minimum atomic E-state index is -0.566. The average Bonchev–Trinajstić information content (AvgIpc) is 2.96. The maximum Gasteiger partial charge on any atom is 0.131 e. The van der Waals surface area contributed by atoms with Gasteiger partial charge in [-0.1, -0.05) is 37.2 Å². The van der Waals surface area contributed by atoms with Crippen LogP contribution in [-0.4, -0.2) is 28.2 Å². The molecule has 4 nitrogen and oxygen atoms in total. The number of benzene rings is 1. The normalized spacial score (nSPS) is 35.7. The van der Waals surface area contributed by atoms with Crippen LogP contribution in [0.5, 0.6) is 0 Å². The van der Waals surface area contributed by atoms with Gasteiger partial charge in [0.15, 0.2) is 0 Å². The van der Waals surface area contributed by atoms with Crippen LogP contribution in [-0.2, 0) is 16.1 Å². The Morgan fingerprint density at radius 3 is 2.77 bits per heavy atom. The fourth-order valence-corrected chi connectivity index (χ4v) is 3.71. The summed E-state index contributed by atoms with van der Waals surface area (Å²) in [6.45, 7) is 6.21. The van der Waals surface area contributed by atoms with Crippen molar-refractivity contribution in [1.29, 1.82) is 0 Å². The summed E-state index contributed by atoms with van der Waals surface area (Å²) in [6.07, 6.45) is 1.21. The largest absolute Gasteiger partial charge is 0.411 e. The first-order valence-corrected chi connectivity index (χ1v) is 7.70. The fourth-order valence-electron chi connectivity index (χ4n) is 3.71. The molecule has 3 atom stereocenters. The van der Waals surface area contributed by atoms with Gasteiger partial charge in [-0.25, -0.2) is 4.39 Å². The molecular weight excluding hydrogens is 285 g/mol. The molecule has 3 rings (SSSR count). The molecule has 2 aliphatic heterocycles. The smallest absolute Gasteiger partial charge is 0.131 e. The van der Waals surface area contributed by atoms with Crippen LogP contribution in [0.15, 0.2) is 29.4 Å². The summed E-state index contributed by atoms with van der Waals surface area (Å²) in [5.74, 6) is -0.111. The van der Waals surface area contributed by atoms with E-state index in [0.717, 1.165) is 12.8 Å². The molecule has 2 fully saturated rings. The number of halogens is 1. The number of rotatable bonds is 4. The van der Waals surface area contributed by atoms with E-state index in [4.69, 9.17) is 9.47 Å². The molecule has 0 amide bonds. The molecule has 0 saturated carbocycles. The van der Waals surface area contributed by atoms with Crippen LogP contribution in [0.4, 0.5) is 4.39 Å². The van der Waals surface area contributed by atoms with Crippen molar-refractivity contribution in [2.45, 2.75) is 57.5 Å². The standard InChI is InChI=1S/C17H22FNO3/c1-11(2)17-9-8-16(3,22-17)15(14(17)19-20)21-10-12-6-4-5-7-13(12)18/h4-7,11,15,20H,8-10H2,1-3H3/t15-,16+,17+/m1/s1. The van der Waals surface area contributed by atoms with Crippen LogP contribution < -0.4 is 0 Å². The zero-order valence-corrected chi connectivity index (χ0v) is 13.2.